The second kappa shape index (κ2) is 10.6. The predicted octanol–water partition coefficient (Wildman–Crippen LogP) is 6.08. The molecule has 3 N–H and O–H groups in total. The molecule has 1 atom stereocenters. The van der Waals surface area contributed by atoms with Crippen molar-refractivity contribution in [2.75, 3.05) is 16.0 Å². The van der Waals surface area contributed by atoms with Gasteiger partial charge in [-0.25, -0.2) is 4.98 Å². The second-order valence-corrected chi connectivity index (χ2v) is 9.31. The van der Waals surface area contributed by atoms with Crippen molar-refractivity contribution in [1.29, 1.82) is 0 Å². The third-order valence-corrected chi connectivity index (χ3v) is 6.63. The summed E-state index contributed by atoms with van der Waals surface area (Å²) < 4.78 is 0. The number of hydrogen-bond donors (Lipinski definition) is 3. The van der Waals surface area contributed by atoms with Crippen LogP contribution in [-0.4, -0.2) is 21.3 Å². The van der Waals surface area contributed by atoms with Crippen LogP contribution in [0.2, 0.25) is 0 Å². The van der Waals surface area contributed by atoms with Crippen LogP contribution in [0.4, 0.5) is 16.5 Å². The van der Waals surface area contributed by atoms with E-state index in [1.165, 1.54) is 28.7 Å². The Morgan fingerprint density at radius 2 is 1.83 bits per heavy atom. The van der Waals surface area contributed by atoms with Crippen molar-refractivity contribution >= 4 is 62.8 Å². The van der Waals surface area contributed by atoms with Crippen molar-refractivity contribution in [3.63, 3.8) is 0 Å². The van der Waals surface area contributed by atoms with E-state index < -0.39 is 0 Å². The Hall–Kier alpha value is -2.42. The van der Waals surface area contributed by atoms with Gasteiger partial charge in [0.1, 0.15) is 0 Å². The van der Waals surface area contributed by atoms with E-state index in [1.54, 1.807) is 0 Å². The Bertz CT molecular complexity index is 1020. The Kier molecular flexibility index (Phi) is 7.84. The fourth-order valence-electron chi connectivity index (χ4n) is 2.66. The summed E-state index contributed by atoms with van der Waals surface area (Å²) in [6, 6.07) is 15.9. The molecule has 0 radical (unpaired) electrons. The van der Waals surface area contributed by atoms with Crippen LogP contribution in [0.5, 0.6) is 0 Å². The molecule has 3 rings (SSSR count). The van der Waals surface area contributed by atoms with Gasteiger partial charge in [-0.15, -0.1) is 23.1 Å². The summed E-state index contributed by atoms with van der Waals surface area (Å²) in [5.41, 5.74) is 3.91. The molecule has 30 heavy (non-hydrogen) atoms. The molecule has 8 heteroatoms. The number of nitrogens with one attached hydrogen (secondary N) is 3. The zero-order valence-electron chi connectivity index (χ0n) is 17.1. The third kappa shape index (κ3) is 6.55. The first-order chi connectivity index (χ1) is 14.4. The number of aryl methyl sites for hydroxylation is 2. The number of amides is 1. The van der Waals surface area contributed by atoms with Gasteiger partial charge in [-0.3, -0.25) is 4.79 Å². The third-order valence-electron chi connectivity index (χ3n) is 4.19. The molecule has 0 saturated heterocycles. The summed E-state index contributed by atoms with van der Waals surface area (Å²) in [4.78, 5) is 17.9. The molecule has 0 aliphatic rings. The minimum atomic E-state index is -0.206. The summed E-state index contributed by atoms with van der Waals surface area (Å²) in [5, 5.41) is 12.2. The van der Waals surface area contributed by atoms with E-state index in [2.05, 4.69) is 20.9 Å². The highest BCUT2D eigenvalue weighted by atomic mass is 32.2. The number of anilines is 3. The molecule has 1 unspecified atom stereocenters. The van der Waals surface area contributed by atoms with Crippen LogP contribution in [-0.2, 0) is 4.79 Å². The van der Waals surface area contributed by atoms with E-state index in [9.17, 15) is 4.79 Å². The molecule has 0 aliphatic carbocycles. The summed E-state index contributed by atoms with van der Waals surface area (Å²) >= 11 is 8.39. The molecule has 1 aromatic heterocycles. The first-order valence-electron chi connectivity index (χ1n) is 9.57. The smallest absolute Gasteiger partial charge is 0.239 e. The van der Waals surface area contributed by atoms with Gasteiger partial charge >= 0.3 is 0 Å². The number of hydrogen-bond acceptors (Lipinski definition) is 5. The van der Waals surface area contributed by atoms with Gasteiger partial charge in [0.25, 0.3) is 0 Å². The first-order valence-corrected chi connectivity index (χ1v) is 11.7. The number of thiazole rings is 1. The number of carbonyl (C=O) groups is 1. The van der Waals surface area contributed by atoms with Crippen molar-refractivity contribution in [2.45, 2.75) is 37.3 Å². The largest absolute Gasteiger partial charge is 0.332 e. The van der Waals surface area contributed by atoms with E-state index in [0.717, 1.165) is 22.0 Å². The first kappa shape index (κ1) is 22.3. The van der Waals surface area contributed by atoms with Gasteiger partial charge in [0, 0.05) is 21.7 Å². The van der Waals surface area contributed by atoms with Crippen LogP contribution < -0.4 is 16.0 Å². The summed E-state index contributed by atoms with van der Waals surface area (Å²) in [7, 11) is 0. The van der Waals surface area contributed by atoms with Gasteiger partial charge in [-0.2, -0.15) is 0 Å². The van der Waals surface area contributed by atoms with E-state index in [1.807, 2.05) is 74.7 Å². The highest BCUT2D eigenvalue weighted by Gasteiger charge is 2.19. The number of thiocarbonyl (C=S) groups is 1. The van der Waals surface area contributed by atoms with Crippen molar-refractivity contribution in [3.05, 3.63) is 65.2 Å². The predicted molar refractivity (Wildman–Crippen MR) is 133 cm³/mol. The van der Waals surface area contributed by atoms with Crippen molar-refractivity contribution < 1.29 is 4.79 Å². The zero-order valence-corrected chi connectivity index (χ0v) is 19.5. The second-order valence-electron chi connectivity index (χ2n) is 6.77. The molecule has 0 bridgehead atoms. The Morgan fingerprint density at radius 1 is 1.10 bits per heavy atom. The monoisotopic (exact) mass is 456 g/mol. The lowest BCUT2D eigenvalue weighted by Crippen LogP contribution is -2.24. The maximum Gasteiger partial charge on any atom is 0.239 e. The molecule has 3 aromatic rings. The SMILES string of the molecule is CCC(Sc1cccc(NC(=S)Nc2ccc(C)cc2)c1)C(=O)Nc1nc(C)cs1. The van der Waals surface area contributed by atoms with E-state index in [4.69, 9.17) is 12.2 Å². The average Bonchev–Trinajstić information content (AvgIpc) is 3.12. The van der Waals surface area contributed by atoms with Gasteiger partial charge in [0.2, 0.25) is 5.91 Å². The molecule has 1 heterocycles. The average molecular weight is 457 g/mol. The van der Waals surface area contributed by atoms with Crippen LogP contribution in [0.15, 0.2) is 58.8 Å². The molecule has 0 aliphatic heterocycles. The maximum absolute atomic E-state index is 12.6. The van der Waals surface area contributed by atoms with Gasteiger partial charge in [-0.05, 0) is 62.8 Å². The Balaban J connectivity index is 1.59. The molecule has 2 aromatic carbocycles. The molecular formula is C22H24N4OS3. The van der Waals surface area contributed by atoms with Gasteiger partial charge in [0.15, 0.2) is 10.2 Å². The summed E-state index contributed by atoms with van der Waals surface area (Å²) in [6.07, 6.45) is 0.714. The fourth-order valence-corrected chi connectivity index (χ4v) is 4.60. The van der Waals surface area contributed by atoms with Gasteiger partial charge in [0.05, 0.1) is 10.9 Å². The van der Waals surface area contributed by atoms with Crippen LogP contribution >= 0.6 is 35.3 Å². The zero-order chi connectivity index (χ0) is 21.5. The van der Waals surface area contributed by atoms with Gasteiger partial charge < -0.3 is 16.0 Å². The number of rotatable bonds is 7. The van der Waals surface area contributed by atoms with Crippen molar-refractivity contribution in [2.24, 2.45) is 0 Å². The quantitative estimate of drug-likeness (QED) is 0.296. The van der Waals surface area contributed by atoms with Crippen LogP contribution in [0.3, 0.4) is 0 Å². The molecule has 156 valence electrons. The van der Waals surface area contributed by atoms with Crippen molar-refractivity contribution in [3.8, 4) is 0 Å². The van der Waals surface area contributed by atoms with Crippen LogP contribution in [0, 0.1) is 13.8 Å². The summed E-state index contributed by atoms with van der Waals surface area (Å²) in [6.45, 7) is 5.97. The molecule has 0 spiro atoms. The highest BCUT2D eigenvalue weighted by molar-refractivity contribution is 8.00. The summed E-state index contributed by atoms with van der Waals surface area (Å²) in [5.74, 6) is -0.0354. The lowest BCUT2D eigenvalue weighted by molar-refractivity contribution is -0.115. The fraction of sp³-hybridized carbons (Fsp3) is 0.227. The number of carbonyl (C=O) groups excluding carboxylic acids is 1. The lowest BCUT2D eigenvalue weighted by Gasteiger charge is -2.15. The number of nitrogens with zero attached hydrogens (tertiary/aromatic N) is 1. The van der Waals surface area contributed by atoms with E-state index in [0.29, 0.717) is 16.7 Å². The molecular weight excluding hydrogens is 432 g/mol. The normalized spacial score (nSPS) is 11.6. The van der Waals surface area contributed by atoms with Crippen LogP contribution in [0.25, 0.3) is 0 Å². The number of thioether (sulfide) groups is 1. The van der Waals surface area contributed by atoms with E-state index in [-0.39, 0.29) is 11.2 Å². The minimum Gasteiger partial charge on any atom is -0.332 e. The number of benzene rings is 2. The molecule has 0 fully saturated rings. The lowest BCUT2D eigenvalue weighted by atomic mass is 10.2. The topological polar surface area (TPSA) is 66.0 Å². The molecule has 5 nitrogen and oxygen atoms in total. The van der Waals surface area contributed by atoms with Crippen molar-refractivity contribution in [1.82, 2.24) is 4.98 Å². The Morgan fingerprint density at radius 3 is 2.50 bits per heavy atom. The highest BCUT2D eigenvalue weighted by Crippen LogP contribution is 2.29. The maximum atomic E-state index is 12.6. The molecule has 1 amide bonds. The standard InChI is InChI=1S/C22H24N4OS3/c1-4-19(20(27)26-22-23-15(3)13-29-22)30-18-7-5-6-17(12-18)25-21(28)24-16-10-8-14(2)9-11-16/h5-13,19H,4H2,1-3H3,(H,23,26,27)(H2,24,25,28). The number of aromatic nitrogens is 1. The minimum absolute atomic E-state index is 0.0354. The molecule has 0 saturated carbocycles. The van der Waals surface area contributed by atoms with Crippen LogP contribution in [0.1, 0.15) is 24.6 Å². The Labute approximate surface area is 190 Å². The van der Waals surface area contributed by atoms with E-state index >= 15 is 0 Å². The van der Waals surface area contributed by atoms with Gasteiger partial charge in [-0.1, -0.05) is 30.7 Å².